The first-order valence-corrected chi connectivity index (χ1v) is 16.0. The molecule has 1 aliphatic rings. The van der Waals surface area contributed by atoms with Crippen molar-refractivity contribution in [3.63, 3.8) is 0 Å². The number of imidazole rings is 1. The minimum absolute atomic E-state index is 0.0898. The molecule has 1 heterocycles. The molecule has 0 saturated heterocycles. The fraction of sp³-hybridized carbons (Fsp3) is 0.417. The number of urea groups is 1. The predicted molar refractivity (Wildman–Crippen MR) is 176 cm³/mol. The first-order valence-electron chi connectivity index (χ1n) is 16.0. The van der Waals surface area contributed by atoms with Crippen LogP contribution in [-0.4, -0.2) is 40.4 Å². The zero-order valence-corrected chi connectivity index (χ0v) is 25.9. The van der Waals surface area contributed by atoms with Crippen LogP contribution < -0.4 is 15.0 Å². The van der Waals surface area contributed by atoms with Crippen LogP contribution in [0.5, 0.6) is 5.75 Å². The second-order valence-electron chi connectivity index (χ2n) is 11.8. The number of unbranched alkanes of at least 4 members (excludes halogenated alkanes) is 1. The number of hydrogen-bond acceptors (Lipinski definition) is 4. The van der Waals surface area contributed by atoms with Gasteiger partial charge in [-0.1, -0.05) is 87.9 Å². The normalized spacial score (nSPS) is 13.6. The van der Waals surface area contributed by atoms with E-state index >= 15 is 0 Å². The summed E-state index contributed by atoms with van der Waals surface area (Å²) in [7, 11) is 1.69. The number of anilines is 1. The van der Waals surface area contributed by atoms with Gasteiger partial charge in [0, 0.05) is 37.8 Å². The van der Waals surface area contributed by atoms with Crippen LogP contribution in [0.25, 0.3) is 22.2 Å². The second-order valence-corrected chi connectivity index (χ2v) is 11.8. The number of aryl methyl sites for hydroxylation is 1. The molecule has 3 aromatic carbocycles. The molecule has 0 radical (unpaired) electrons. The van der Waals surface area contributed by atoms with Crippen LogP contribution in [0.3, 0.4) is 0 Å². The Hall–Kier alpha value is -4.33. The molecule has 4 aromatic rings. The van der Waals surface area contributed by atoms with Crippen LogP contribution >= 0.6 is 0 Å². The van der Waals surface area contributed by atoms with Gasteiger partial charge in [0.2, 0.25) is 0 Å². The quantitative estimate of drug-likeness (QED) is 0.126. The molecule has 8 heteroatoms. The van der Waals surface area contributed by atoms with Gasteiger partial charge in [0.25, 0.3) is 0 Å². The molecule has 0 spiro atoms. The predicted octanol–water partition coefficient (Wildman–Crippen LogP) is 8.66. The van der Waals surface area contributed by atoms with Crippen LogP contribution in [-0.2, 0) is 13.0 Å². The molecule has 1 aliphatic carbocycles. The molecule has 1 saturated carbocycles. The molecule has 2 N–H and O–H groups in total. The van der Waals surface area contributed by atoms with Crippen molar-refractivity contribution in [3.8, 4) is 16.9 Å². The van der Waals surface area contributed by atoms with Gasteiger partial charge in [-0.3, -0.25) is 4.90 Å². The van der Waals surface area contributed by atoms with Gasteiger partial charge < -0.3 is 19.7 Å². The number of nitrogens with one attached hydrogen (secondary N) is 1. The van der Waals surface area contributed by atoms with Crippen molar-refractivity contribution in [2.24, 2.45) is 5.92 Å². The Balaban J connectivity index is 1.41. The van der Waals surface area contributed by atoms with E-state index in [9.17, 15) is 9.59 Å². The summed E-state index contributed by atoms with van der Waals surface area (Å²) < 4.78 is 7.27. The van der Waals surface area contributed by atoms with Gasteiger partial charge in [-0.25, -0.2) is 14.6 Å². The van der Waals surface area contributed by atoms with Crippen molar-refractivity contribution in [1.29, 1.82) is 0 Å². The van der Waals surface area contributed by atoms with E-state index in [1.165, 1.54) is 32.1 Å². The summed E-state index contributed by atoms with van der Waals surface area (Å²) in [4.78, 5) is 31.1. The maximum Gasteiger partial charge on any atom is 0.511 e. The summed E-state index contributed by atoms with van der Waals surface area (Å²) in [5.41, 5.74) is 5.52. The number of para-hydroxylation sites is 1. The third-order valence-corrected chi connectivity index (χ3v) is 8.74. The fourth-order valence-corrected chi connectivity index (χ4v) is 6.39. The van der Waals surface area contributed by atoms with Gasteiger partial charge >= 0.3 is 12.2 Å². The van der Waals surface area contributed by atoms with Crippen molar-refractivity contribution in [1.82, 2.24) is 14.9 Å². The summed E-state index contributed by atoms with van der Waals surface area (Å²) in [6.07, 6.45) is 10.5. The molecule has 1 fully saturated rings. The lowest BCUT2D eigenvalue weighted by molar-refractivity contribution is 0.144. The number of hydrogen-bond donors (Lipinski definition) is 2. The largest absolute Gasteiger partial charge is 0.511 e. The van der Waals surface area contributed by atoms with E-state index in [4.69, 9.17) is 14.8 Å². The zero-order chi connectivity index (χ0) is 30.9. The second kappa shape index (κ2) is 14.9. The fourth-order valence-electron chi connectivity index (χ4n) is 6.39. The lowest BCUT2D eigenvalue weighted by atomic mass is 9.86. The monoisotopic (exact) mass is 596 g/mol. The Kier molecular flexibility index (Phi) is 10.5. The average molecular weight is 597 g/mol. The molecule has 0 unspecified atom stereocenters. The summed E-state index contributed by atoms with van der Waals surface area (Å²) in [6.45, 7) is 3.51. The molecule has 5 rings (SSSR count). The van der Waals surface area contributed by atoms with Crippen LogP contribution in [0.2, 0.25) is 0 Å². The lowest BCUT2D eigenvalue weighted by Crippen LogP contribution is -2.39. The highest BCUT2D eigenvalue weighted by atomic mass is 16.7. The van der Waals surface area contributed by atoms with E-state index in [2.05, 4.69) is 35.0 Å². The van der Waals surface area contributed by atoms with Crippen LogP contribution in [0.4, 0.5) is 15.3 Å². The van der Waals surface area contributed by atoms with Crippen molar-refractivity contribution in [3.05, 3.63) is 78.1 Å². The number of aromatic nitrogens is 2. The first-order chi connectivity index (χ1) is 21.5. The number of carboxylic acid groups (broad SMARTS) is 1. The van der Waals surface area contributed by atoms with Gasteiger partial charge in [-0.15, -0.1) is 0 Å². The van der Waals surface area contributed by atoms with E-state index in [0.29, 0.717) is 18.8 Å². The Bertz CT molecular complexity index is 1560. The highest BCUT2D eigenvalue weighted by Gasteiger charge is 2.20. The number of benzene rings is 3. The number of fused-ring (bicyclic) bond motifs is 1. The SMILES string of the molecule is CCCCc1nc2ccc(N(CCCC3CCCCC3)C(=O)NC)cc2n1Cc1ccc(-c2ccccc2OC(=O)O)cc1. The zero-order valence-electron chi connectivity index (χ0n) is 25.9. The van der Waals surface area contributed by atoms with E-state index in [1.54, 1.807) is 19.2 Å². The highest BCUT2D eigenvalue weighted by Crippen LogP contribution is 2.32. The minimum atomic E-state index is -1.33. The number of carbonyl (C=O) groups is 2. The Morgan fingerprint density at radius 3 is 2.52 bits per heavy atom. The maximum absolute atomic E-state index is 13.0. The first kappa shape index (κ1) is 31.1. The molecule has 2 amide bonds. The van der Waals surface area contributed by atoms with Crippen LogP contribution in [0, 0.1) is 5.92 Å². The van der Waals surface area contributed by atoms with Gasteiger partial charge in [0.1, 0.15) is 11.6 Å². The third kappa shape index (κ3) is 7.59. The third-order valence-electron chi connectivity index (χ3n) is 8.74. The van der Waals surface area contributed by atoms with Crippen molar-refractivity contribution >= 4 is 28.9 Å². The molecule has 0 bridgehead atoms. The highest BCUT2D eigenvalue weighted by molar-refractivity contribution is 5.94. The van der Waals surface area contributed by atoms with Gasteiger partial charge in [-0.05, 0) is 60.6 Å². The Morgan fingerprint density at radius 2 is 1.80 bits per heavy atom. The molecule has 1 aromatic heterocycles. The average Bonchev–Trinajstić information content (AvgIpc) is 3.38. The summed E-state index contributed by atoms with van der Waals surface area (Å²) >= 11 is 0. The van der Waals surface area contributed by atoms with Gasteiger partial charge in [0.15, 0.2) is 0 Å². The van der Waals surface area contributed by atoms with E-state index in [-0.39, 0.29) is 6.03 Å². The number of ether oxygens (including phenoxy) is 1. The minimum Gasteiger partial charge on any atom is -0.449 e. The molecule has 232 valence electrons. The molecular weight excluding hydrogens is 552 g/mol. The standard InChI is InChI=1S/C36H44N4O4/c1-3-4-16-34-38-31-22-21-29(39(35(41)37-2)23-10-13-26-11-6-5-7-12-26)24-32(31)40(34)25-27-17-19-28(20-18-27)30-14-8-9-15-33(30)44-36(42)43/h8-9,14-15,17-22,24,26H,3-7,10-13,16,23,25H2,1-2H3,(H,37,41)(H,42,43). The van der Waals surface area contributed by atoms with Crippen LogP contribution in [0.15, 0.2) is 66.7 Å². The number of amides is 2. The molecule has 8 nitrogen and oxygen atoms in total. The number of carbonyl (C=O) groups excluding carboxylic acids is 1. The topological polar surface area (TPSA) is 96.7 Å². The molecule has 0 atom stereocenters. The summed E-state index contributed by atoms with van der Waals surface area (Å²) in [6, 6.07) is 21.3. The number of rotatable bonds is 12. The van der Waals surface area contributed by atoms with Crippen LogP contribution in [0.1, 0.15) is 76.1 Å². The lowest BCUT2D eigenvalue weighted by Gasteiger charge is -2.25. The Labute approximate surface area is 260 Å². The van der Waals surface area contributed by atoms with Gasteiger partial charge in [0.05, 0.1) is 11.0 Å². The van der Waals surface area contributed by atoms with Gasteiger partial charge in [-0.2, -0.15) is 0 Å². The summed E-state index contributed by atoms with van der Waals surface area (Å²) in [5, 5.41) is 12.0. The number of nitrogens with zero attached hydrogens (tertiary/aromatic N) is 3. The maximum atomic E-state index is 13.0. The van der Waals surface area contributed by atoms with E-state index < -0.39 is 6.16 Å². The molecule has 44 heavy (non-hydrogen) atoms. The smallest absolute Gasteiger partial charge is 0.449 e. The Morgan fingerprint density at radius 1 is 1.02 bits per heavy atom. The molecule has 0 aliphatic heterocycles. The van der Waals surface area contributed by atoms with E-state index in [0.717, 1.165) is 77.3 Å². The van der Waals surface area contributed by atoms with Crippen molar-refractivity contribution in [2.45, 2.75) is 77.7 Å². The van der Waals surface area contributed by atoms with E-state index in [1.807, 2.05) is 41.3 Å². The summed E-state index contributed by atoms with van der Waals surface area (Å²) in [5.74, 6) is 2.12. The molecular formula is C36H44N4O4. The van der Waals surface area contributed by atoms with Crippen molar-refractivity contribution < 1.29 is 19.4 Å². The van der Waals surface area contributed by atoms with Crippen molar-refractivity contribution in [2.75, 3.05) is 18.5 Å².